The van der Waals surface area contributed by atoms with Crippen LogP contribution in [0.2, 0.25) is 0 Å². The fourth-order valence-electron chi connectivity index (χ4n) is 1.56. The van der Waals surface area contributed by atoms with Gasteiger partial charge in [-0.3, -0.25) is 4.99 Å². The van der Waals surface area contributed by atoms with Crippen molar-refractivity contribution in [1.82, 2.24) is 15.5 Å². The van der Waals surface area contributed by atoms with Crippen molar-refractivity contribution in [3.8, 4) is 0 Å². The van der Waals surface area contributed by atoms with E-state index in [-0.39, 0.29) is 11.6 Å². The van der Waals surface area contributed by atoms with Gasteiger partial charge in [-0.15, -0.1) is 0 Å². The second-order valence-corrected chi connectivity index (χ2v) is 6.03. The second-order valence-electron chi connectivity index (χ2n) is 4.95. The van der Waals surface area contributed by atoms with E-state index < -0.39 is 0 Å². The Balaban J connectivity index is 2.32. The van der Waals surface area contributed by atoms with Gasteiger partial charge in [0.1, 0.15) is 0 Å². The van der Waals surface area contributed by atoms with E-state index in [2.05, 4.69) is 29.5 Å². The third kappa shape index (κ3) is 4.76. The number of carbonyl (C=O) groups excluding carboxylic acids is 1. The molecule has 6 heteroatoms. The van der Waals surface area contributed by atoms with E-state index in [4.69, 9.17) is 0 Å². The number of nitrogens with zero attached hydrogens (tertiary/aromatic N) is 2. The van der Waals surface area contributed by atoms with Crippen LogP contribution >= 0.6 is 11.8 Å². The second kappa shape index (κ2) is 6.87. The fourth-order valence-corrected chi connectivity index (χ4v) is 2.81. The average molecular weight is 272 g/mol. The zero-order chi connectivity index (χ0) is 13.6. The quantitative estimate of drug-likeness (QED) is 0.763. The van der Waals surface area contributed by atoms with Gasteiger partial charge in [-0.1, -0.05) is 18.7 Å². The van der Waals surface area contributed by atoms with Crippen molar-refractivity contribution in [3.05, 3.63) is 0 Å². The van der Waals surface area contributed by atoms with Crippen LogP contribution in [-0.4, -0.2) is 54.6 Å². The van der Waals surface area contributed by atoms with Gasteiger partial charge in [0, 0.05) is 31.9 Å². The molecule has 1 rings (SSSR count). The highest BCUT2D eigenvalue weighted by atomic mass is 32.2. The molecule has 1 aliphatic rings. The van der Waals surface area contributed by atoms with E-state index in [1.165, 1.54) is 11.3 Å². The molecule has 0 aromatic heterocycles. The number of aliphatic imine (C=N–C) groups is 1. The molecule has 2 N–H and O–H groups in total. The molecule has 0 aromatic carbocycles. The number of urea groups is 1. The standard InChI is InChI=1S/C12H24N4OS/c1-5-12(2)6-9-18-10(15-12)13-7-8-14-11(17)16(3)4/h5-9H2,1-4H3,(H,13,15)(H,14,17). The van der Waals surface area contributed by atoms with Crippen molar-refractivity contribution in [1.29, 1.82) is 0 Å². The number of hydrogen-bond acceptors (Lipinski definition) is 3. The summed E-state index contributed by atoms with van der Waals surface area (Å²) in [6, 6.07) is -0.0714. The first kappa shape index (κ1) is 15.1. The van der Waals surface area contributed by atoms with Crippen LogP contribution in [0.5, 0.6) is 0 Å². The molecule has 1 fully saturated rings. The van der Waals surface area contributed by atoms with Crippen molar-refractivity contribution in [2.45, 2.75) is 32.2 Å². The van der Waals surface area contributed by atoms with Crippen LogP contribution in [0.15, 0.2) is 4.99 Å². The van der Waals surface area contributed by atoms with Gasteiger partial charge in [0.25, 0.3) is 0 Å². The molecule has 0 saturated carbocycles. The van der Waals surface area contributed by atoms with Crippen LogP contribution in [0, 0.1) is 0 Å². The molecule has 1 unspecified atom stereocenters. The summed E-state index contributed by atoms with van der Waals surface area (Å²) in [5.41, 5.74) is 0.178. The van der Waals surface area contributed by atoms with Gasteiger partial charge in [0.2, 0.25) is 0 Å². The highest BCUT2D eigenvalue weighted by Gasteiger charge is 2.27. The monoisotopic (exact) mass is 272 g/mol. The Morgan fingerprint density at radius 3 is 2.94 bits per heavy atom. The largest absolute Gasteiger partial charge is 0.360 e. The van der Waals surface area contributed by atoms with Crippen LogP contribution in [0.3, 0.4) is 0 Å². The molecule has 0 aromatic rings. The molecule has 5 nitrogen and oxygen atoms in total. The predicted molar refractivity (Wildman–Crippen MR) is 78.3 cm³/mol. The van der Waals surface area contributed by atoms with Gasteiger partial charge in [-0.05, 0) is 19.8 Å². The van der Waals surface area contributed by atoms with Crippen molar-refractivity contribution in [2.75, 3.05) is 32.9 Å². The molecule has 18 heavy (non-hydrogen) atoms. The molecule has 0 spiro atoms. The maximum Gasteiger partial charge on any atom is 0.316 e. The molecule has 1 aliphatic heterocycles. The van der Waals surface area contributed by atoms with Crippen molar-refractivity contribution in [2.24, 2.45) is 4.99 Å². The number of rotatable bonds is 4. The lowest BCUT2D eigenvalue weighted by atomic mass is 9.96. The fraction of sp³-hybridized carbons (Fsp3) is 0.833. The maximum absolute atomic E-state index is 11.3. The van der Waals surface area contributed by atoms with E-state index in [0.29, 0.717) is 13.1 Å². The van der Waals surface area contributed by atoms with Crippen LogP contribution < -0.4 is 10.6 Å². The number of nitrogens with one attached hydrogen (secondary N) is 2. The minimum atomic E-state index is -0.0714. The molecule has 1 heterocycles. The zero-order valence-corrected chi connectivity index (χ0v) is 12.6. The van der Waals surface area contributed by atoms with E-state index in [9.17, 15) is 4.79 Å². The number of hydrogen-bond donors (Lipinski definition) is 2. The van der Waals surface area contributed by atoms with E-state index in [1.54, 1.807) is 25.9 Å². The van der Waals surface area contributed by atoms with E-state index >= 15 is 0 Å². The molecular formula is C12H24N4OS. The first-order chi connectivity index (χ1) is 8.47. The Hall–Kier alpha value is -0.910. The summed E-state index contributed by atoms with van der Waals surface area (Å²) >= 11 is 1.76. The van der Waals surface area contributed by atoms with Gasteiger partial charge in [-0.2, -0.15) is 0 Å². The highest BCUT2D eigenvalue weighted by molar-refractivity contribution is 8.13. The number of thioether (sulfide) groups is 1. The minimum absolute atomic E-state index is 0.0714. The normalized spacial score (nSPS) is 25.7. The summed E-state index contributed by atoms with van der Waals surface area (Å²) in [6.07, 6.45) is 2.27. The third-order valence-corrected chi connectivity index (χ3v) is 4.04. The van der Waals surface area contributed by atoms with Crippen molar-refractivity contribution in [3.63, 3.8) is 0 Å². The molecule has 1 saturated heterocycles. The zero-order valence-electron chi connectivity index (χ0n) is 11.7. The van der Waals surface area contributed by atoms with Gasteiger partial charge >= 0.3 is 6.03 Å². The lowest BCUT2D eigenvalue weighted by molar-refractivity contribution is 0.218. The van der Waals surface area contributed by atoms with Gasteiger partial charge in [-0.25, -0.2) is 4.79 Å². The summed E-state index contributed by atoms with van der Waals surface area (Å²) in [6.45, 7) is 5.62. The summed E-state index contributed by atoms with van der Waals surface area (Å²) in [5.74, 6) is 1.11. The number of carbonyl (C=O) groups is 1. The van der Waals surface area contributed by atoms with E-state index in [1.807, 2.05) is 0 Å². The molecule has 0 aliphatic carbocycles. The average Bonchev–Trinajstić information content (AvgIpc) is 2.34. The summed E-state index contributed by atoms with van der Waals surface area (Å²) in [4.78, 5) is 17.3. The molecular weight excluding hydrogens is 248 g/mol. The predicted octanol–water partition coefficient (Wildman–Crippen LogP) is 1.51. The lowest BCUT2D eigenvalue weighted by Gasteiger charge is -2.35. The Labute approximate surface area is 114 Å². The van der Waals surface area contributed by atoms with Gasteiger partial charge < -0.3 is 15.5 Å². The van der Waals surface area contributed by atoms with Crippen LogP contribution in [-0.2, 0) is 0 Å². The summed E-state index contributed by atoms with van der Waals surface area (Å²) < 4.78 is 0. The Bertz CT molecular complexity index is 319. The third-order valence-electron chi connectivity index (χ3n) is 3.13. The topological polar surface area (TPSA) is 56.7 Å². The molecule has 0 radical (unpaired) electrons. The Morgan fingerprint density at radius 1 is 1.61 bits per heavy atom. The summed E-state index contributed by atoms with van der Waals surface area (Å²) in [5, 5.41) is 7.28. The first-order valence-electron chi connectivity index (χ1n) is 6.37. The van der Waals surface area contributed by atoms with Crippen molar-refractivity contribution < 1.29 is 4.79 Å². The molecule has 1 atom stereocenters. The molecule has 2 amide bonds. The van der Waals surface area contributed by atoms with Crippen LogP contribution in [0.4, 0.5) is 4.79 Å². The van der Waals surface area contributed by atoms with Crippen molar-refractivity contribution >= 4 is 23.0 Å². The van der Waals surface area contributed by atoms with Crippen LogP contribution in [0.1, 0.15) is 26.7 Å². The maximum atomic E-state index is 11.3. The number of amidine groups is 1. The van der Waals surface area contributed by atoms with Gasteiger partial charge in [0.05, 0.1) is 6.54 Å². The van der Waals surface area contributed by atoms with Gasteiger partial charge in [0.15, 0.2) is 5.17 Å². The lowest BCUT2D eigenvalue weighted by Crippen LogP contribution is -2.48. The molecule has 0 bridgehead atoms. The minimum Gasteiger partial charge on any atom is -0.360 e. The molecule has 104 valence electrons. The smallest absolute Gasteiger partial charge is 0.316 e. The Morgan fingerprint density at radius 2 is 2.33 bits per heavy atom. The van der Waals surface area contributed by atoms with Crippen LogP contribution in [0.25, 0.3) is 0 Å². The Kier molecular flexibility index (Phi) is 5.78. The SMILES string of the molecule is CCC1(C)CCSC(=NCCNC(=O)N(C)C)N1. The number of amides is 2. The summed E-state index contributed by atoms with van der Waals surface area (Å²) in [7, 11) is 3.46. The van der Waals surface area contributed by atoms with E-state index in [0.717, 1.165) is 17.3 Å². The first-order valence-corrected chi connectivity index (χ1v) is 7.36. The highest BCUT2D eigenvalue weighted by Crippen LogP contribution is 2.24.